The van der Waals surface area contributed by atoms with E-state index in [0.717, 1.165) is 36.6 Å². The van der Waals surface area contributed by atoms with Crippen molar-refractivity contribution in [2.24, 2.45) is 5.73 Å². The van der Waals surface area contributed by atoms with Crippen LogP contribution in [-0.4, -0.2) is 37.2 Å². The Balaban J connectivity index is 1.57. The third-order valence-electron chi connectivity index (χ3n) is 4.15. The Labute approximate surface area is 147 Å². The second-order valence-corrected chi connectivity index (χ2v) is 6.08. The maximum atomic E-state index is 12.3. The zero-order chi connectivity index (χ0) is 17.6. The first-order valence-electron chi connectivity index (χ1n) is 8.37. The van der Waals surface area contributed by atoms with Gasteiger partial charge in [-0.25, -0.2) is 4.79 Å². The minimum atomic E-state index is -0.112. The van der Waals surface area contributed by atoms with E-state index in [1.54, 1.807) is 12.0 Å². The number of nitrogens with one attached hydrogen (secondary N) is 1. The number of piperidine rings is 1. The molecule has 0 bridgehead atoms. The number of nitrogens with two attached hydrogens (primary N) is 1. The minimum absolute atomic E-state index is 0.0692. The van der Waals surface area contributed by atoms with E-state index in [0.29, 0.717) is 12.3 Å². The van der Waals surface area contributed by atoms with Crippen LogP contribution in [-0.2, 0) is 0 Å². The lowest BCUT2D eigenvalue weighted by Crippen LogP contribution is -2.47. The quantitative estimate of drug-likeness (QED) is 0.893. The number of hydrogen-bond acceptors (Lipinski definition) is 4. The highest BCUT2D eigenvalue weighted by atomic mass is 16.5. The molecule has 1 saturated heterocycles. The molecular formula is C19H23N3O3. The molecule has 1 aliphatic rings. The Morgan fingerprint density at radius 1 is 1.08 bits per heavy atom. The van der Waals surface area contributed by atoms with Crippen molar-refractivity contribution in [2.45, 2.75) is 18.9 Å². The fraction of sp³-hybridized carbons (Fsp3) is 0.316. The molecule has 6 heteroatoms. The van der Waals surface area contributed by atoms with Gasteiger partial charge >= 0.3 is 6.03 Å². The van der Waals surface area contributed by atoms with Crippen LogP contribution in [0.5, 0.6) is 17.2 Å². The van der Waals surface area contributed by atoms with E-state index in [1.807, 2.05) is 48.5 Å². The molecule has 0 radical (unpaired) electrons. The Bertz CT molecular complexity index is 701. The van der Waals surface area contributed by atoms with Gasteiger partial charge in [-0.3, -0.25) is 0 Å². The number of ether oxygens (including phenoxy) is 2. The highest BCUT2D eigenvalue weighted by molar-refractivity contribution is 5.89. The zero-order valence-corrected chi connectivity index (χ0v) is 14.3. The van der Waals surface area contributed by atoms with Gasteiger partial charge in [0.2, 0.25) is 0 Å². The summed E-state index contributed by atoms with van der Waals surface area (Å²) in [7, 11) is 1.63. The average molecular weight is 341 g/mol. The molecule has 0 spiro atoms. The summed E-state index contributed by atoms with van der Waals surface area (Å²) in [4.78, 5) is 14.0. The van der Waals surface area contributed by atoms with Crippen molar-refractivity contribution in [1.82, 2.24) is 4.90 Å². The van der Waals surface area contributed by atoms with E-state index >= 15 is 0 Å². The summed E-state index contributed by atoms with van der Waals surface area (Å²) >= 11 is 0. The van der Waals surface area contributed by atoms with Gasteiger partial charge in [0, 0.05) is 24.8 Å². The van der Waals surface area contributed by atoms with Crippen molar-refractivity contribution in [3.63, 3.8) is 0 Å². The molecule has 2 aromatic carbocycles. The summed E-state index contributed by atoms with van der Waals surface area (Å²) in [5.74, 6) is 2.20. The molecular weight excluding hydrogens is 318 g/mol. The highest BCUT2D eigenvalue weighted by Gasteiger charge is 2.21. The number of anilines is 1. The largest absolute Gasteiger partial charge is 0.497 e. The number of hydrogen-bond donors (Lipinski definition) is 2. The molecule has 3 N–H and O–H groups in total. The second-order valence-electron chi connectivity index (χ2n) is 6.08. The van der Waals surface area contributed by atoms with Gasteiger partial charge in [-0.15, -0.1) is 0 Å². The smallest absolute Gasteiger partial charge is 0.321 e. The molecule has 1 atom stereocenters. The number of urea groups is 1. The molecule has 6 nitrogen and oxygen atoms in total. The van der Waals surface area contributed by atoms with Gasteiger partial charge in [-0.05, 0) is 61.4 Å². The van der Waals surface area contributed by atoms with Crippen LogP contribution in [0.15, 0.2) is 48.5 Å². The topological polar surface area (TPSA) is 76.8 Å². The molecule has 0 aromatic heterocycles. The third-order valence-corrected chi connectivity index (χ3v) is 4.15. The van der Waals surface area contributed by atoms with E-state index in [-0.39, 0.29) is 12.1 Å². The van der Waals surface area contributed by atoms with Gasteiger partial charge in [0.1, 0.15) is 17.2 Å². The lowest BCUT2D eigenvalue weighted by Gasteiger charge is -2.30. The summed E-state index contributed by atoms with van der Waals surface area (Å²) in [6.07, 6.45) is 1.92. The molecule has 1 fully saturated rings. The zero-order valence-electron chi connectivity index (χ0n) is 14.3. The van der Waals surface area contributed by atoms with Gasteiger partial charge in [0.05, 0.1) is 7.11 Å². The van der Waals surface area contributed by atoms with Gasteiger partial charge < -0.3 is 25.4 Å². The van der Waals surface area contributed by atoms with Crippen LogP contribution in [0.25, 0.3) is 0 Å². The number of benzene rings is 2. The Morgan fingerprint density at radius 3 is 2.28 bits per heavy atom. The number of carbonyl (C=O) groups excluding carboxylic acids is 1. The first-order valence-corrected chi connectivity index (χ1v) is 8.37. The molecule has 1 aliphatic heterocycles. The SMILES string of the molecule is COc1ccc(Oc2ccc(NC(=O)N3CCC[C@H](N)C3)cc2)cc1. The number of methoxy groups -OCH3 is 1. The van der Waals surface area contributed by atoms with E-state index < -0.39 is 0 Å². The highest BCUT2D eigenvalue weighted by Crippen LogP contribution is 2.25. The Morgan fingerprint density at radius 2 is 1.68 bits per heavy atom. The van der Waals surface area contributed by atoms with Crippen LogP contribution in [0.2, 0.25) is 0 Å². The van der Waals surface area contributed by atoms with Crippen molar-refractivity contribution in [2.75, 3.05) is 25.5 Å². The third kappa shape index (κ3) is 4.64. The second kappa shape index (κ2) is 7.90. The van der Waals surface area contributed by atoms with Crippen molar-refractivity contribution < 1.29 is 14.3 Å². The summed E-state index contributed by atoms with van der Waals surface area (Å²) in [5.41, 5.74) is 6.65. The van der Waals surface area contributed by atoms with E-state index in [1.165, 1.54) is 0 Å². The summed E-state index contributed by atoms with van der Waals surface area (Å²) in [6.45, 7) is 1.35. The molecule has 0 unspecified atom stereocenters. The molecule has 0 aliphatic carbocycles. The number of rotatable bonds is 4. The van der Waals surface area contributed by atoms with Gasteiger partial charge in [-0.1, -0.05) is 0 Å². The fourth-order valence-electron chi connectivity index (χ4n) is 2.78. The molecule has 0 saturated carbocycles. The van der Waals surface area contributed by atoms with E-state index in [9.17, 15) is 4.79 Å². The summed E-state index contributed by atoms with van der Waals surface area (Å²) < 4.78 is 10.9. The van der Waals surface area contributed by atoms with E-state index in [4.69, 9.17) is 15.2 Å². The first-order chi connectivity index (χ1) is 12.1. The minimum Gasteiger partial charge on any atom is -0.497 e. The van der Waals surface area contributed by atoms with Crippen LogP contribution >= 0.6 is 0 Å². The van der Waals surface area contributed by atoms with Crippen molar-refractivity contribution in [1.29, 1.82) is 0 Å². The molecule has 25 heavy (non-hydrogen) atoms. The lowest BCUT2D eigenvalue weighted by atomic mass is 10.1. The average Bonchev–Trinajstić information content (AvgIpc) is 2.64. The van der Waals surface area contributed by atoms with Gasteiger partial charge in [-0.2, -0.15) is 0 Å². The lowest BCUT2D eigenvalue weighted by molar-refractivity contribution is 0.193. The van der Waals surface area contributed by atoms with Crippen LogP contribution < -0.4 is 20.5 Å². The Kier molecular flexibility index (Phi) is 5.40. The molecule has 2 amide bonds. The summed E-state index contributed by atoms with van der Waals surface area (Å²) in [6, 6.07) is 14.6. The monoisotopic (exact) mass is 341 g/mol. The number of amides is 2. The van der Waals surface area contributed by atoms with Gasteiger partial charge in [0.25, 0.3) is 0 Å². The van der Waals surface area contributed by atoms with Crippen molar-refractivity contribution >= 4 is 11.7 Å². The first kappa shape index (κ1) is 17.1. The van der Waals surface area contributed by atoms with Crippen LogP contribution in [0.1, 0.15) is 12.8 Å². The van der Waals surface area contributed by atoms with Crippen molar-refractivity contribution in [3.05, 3.63) is 48.5 Å². The normalized spacial score (nSPS) is 17.0. The predicted molar refractivity (Wildman–Crippen MR) is 97.3 cm³/mol. The molecule has 2 aromatic rings. The predicted octanol–water partition coefficient (Wildman–Crippen LogP) is 3.44. The summed E-state index contributed by atoms with van der Waals surface area (Å²) in [5, 5.41) is 2.90. The maximum Gasteiger partial charge on any atom is 0.321 e. The van der Waals surface area contributed by atoms with Crippen LogP contribution in [0, 0.1) is 0 Å². The van der Waals surface area contributed by atoms with Crippen LogP contribution in [0.4, 0.5) is 10.5 Å². The standard InChI is InChI=1S/C19H23N3O3/c1-24-16-8-10-18(11-9-16)25-17-6-4-15(5-7-17)21-19(23)22-12-2-3-14(20)13-22/h4-11,14H,2-3,12-13,20H2,1H3,(H,21,23)/t14-/m0/s1. The molecule has 3 rings (SSSR count). The van der Waals surface area contributed by atoms with Crippen molar-refractivity contribution in [3.8, 4) is 17.2 Å². The van der Waals surface area contributed by atoms with E-state index in [2.05, 4.69) is 5.32 Å². The maximum absolute atomic E-state index is 12.3. The number of carbonyl (C=O) groups is 1. The van der Waals surface area contributed by atoms with Crippen LogP contribution in [0.3, 0.4) is 0 Å². The molecule has 1 heterocycles. The van der Waals surface area contributed by atoms with Gasteiger partial charge in [0.15, 0.2) is 0 Å². The fourth-order valence-corrected chi connectivity index (χ4v) is 2.78. The Hall–Kier alpha value is -2.73. The number of nitrogens with zero attached hydrogens (tertiary/aromatic N) is 1. The molecule has 132 valence electrons. The number of likely N-dealkylation sites (tertiary alicyclic amines) is 1.